The summed E-state index contributed by atoms with van der Waals surface area (Å²) in [5.41, 5.74) is 5.54. The van der Waals surface area contributed by atoms with Crippen molar-refractivity contribution in [1.29, 1.82) is 0 Å². The summed E-state index contributed by atoms with van der Waals surface area (Å²) < 4.78 is 0. The number of unbranched alkanes of at least 4 members (excludes halogenated alkanes) is 14. The Labute approximate surface area is 147 Å². The van der Waals surface area contributed by atoms with E-state index in [2.05, 4.69) is 18.9 Å². The summed E-state index contributed by atoms with van der Waals surface area (Å²) in [6, 6.07) is 0. The highest BCUT2D eigenvalue weighted by molar-refractivity contribution is 4.54. The van der Waals surface area contributed by atoms with Crippen molar-refractivity contribution in [3.63, 3.8) is 0 Å². The molecule has 0 aromatic carbocycles. The fraction of sp³-hybridized carbons (Fsp3) is 1.00. The molecular weight excluding hydrogens is 280 g/mol. The summed E-state index contributed by atoms with van der Waals surface area (Å²) in [6.07, 6.45) is 22.8. The molecule has 0 aliphatic rings. The van der Waals surface area contributed by atoms with Gasteiger partial charge in [0.25, 0.3) is 0 Å². The second-order valence-electron chi connectivity index (χ2n) is 7.40. The Kier molecular flexibility index (Phi) is 19.9. The van der Waals surface area contributed by atoms with Crippen LogP contribution in [-0.4, -0.2) is 31.6 Å². The summed E-state index contributed by atoms with van der Waals surface area (Å²) in [5.74, 6) is 0. The maximum atomic E-state index is 5.54. The molecule has 140 valence electrons. The fourth-order valence-corrected chi connectivity index (χ4v) is 3.23. The summed E-state index contributed by atoms with van der Waals surface area (Å²) >= 11 is 0. The predicted octanol–water partition coefficient (Wildman–Crippen LogP) is 6.14. The van der Waals surface area contributed by atoms with Gasteiger partial charge in [-0.1, -0.05) is 96.8 Å². The van der Waals surface area contributed by atoms with E-state index in [0.29, 0.717) is 0 Å². The van der Waals surface area contributed by atoms with E-state index in [9.17, 15) is 0 Å². The molecule has 0 atom stereocenters. The average molecular weight is 327 g/mol. The normalized spacial score (nSPS) is 11.5. The quantitative estimate of drug-likeness (QED) is 0.289. The lowest BCUT2D eigenvalue weighted by molar-refractivity contribution is 0.321. The van der Waals surface area contributed by atoms with Crippen LogP contribution in [0.1, 0.15) is 110 Å². The van der Waals surface area contributed by atoms with E-state index in [1.165, 1.54) is 103 Å². The third kappa shape index (κ3) is 19.9. The molecule has 0 bridgehead atoms. The topological polar surface area (TPSA) is 29.3 Å². The highest BCUT2D eigenvalue weighted by atomic mass is 15.1. The van der Waals surface area contributed by atoms with Crippen LogP contribution in [0.4, 0.5) is 0 Å². The minimum absolute atomic E-state index is 0.823. The van der Waals surface area contributed by atoms with Crippen LogP contribution < -0.4 is 5.73 Å². The molecule has 0 saturated heterocycles. The van der Waals surface area contributed by atoms with E-state index in [0.717, 1.165) is 19.5 Å². The van der Waals surface area contributed by atoms with Gasteiger partial charge in [0.15, 0.2) is 0 Å². The van der Waals surface area contributed by atoms with Crippen molar-refractivity contribution >= 4 is 0 Å². The molecular formula is C21H46N2. The Morgan fingerprint density at radius 1 is 0.522 bits per heavy atom. The third-order valence-electron chi connectivity index (χ3n) is 4.89. The van der Waals surface area contributed by atoms with Crippen molar-refractivity contribution < 1.29 is 0 Å². The molecule has 0 rings (SSSR count). The fourth-order valence-electron chi connectivity index (χ4n) is 3.23. The van der Waals surface area contributed by atoms with Gasteiger partial charge in [0.1, 0.15) is 0 Å². The van der Waals surface area contributed by atoms with Crippen LogP contribution in [0, 0.1) is 0 Å². The number of nitrogens with two attached hydrogens (primary N) is 1. The standard InChI is InChI=1S/C21H46N2/c1-3-4-5-6-7-8-9-10-11-12-13-14-15-16-17-20-23(2)21-18-19-22/h3-22H2,1-2H3. The van der Waals surface area contributed by atoms with Gasteiger partial charge in [-0.3, -0.25) is 0 Å². The molecule has 0 unspecified atom stereocenters. The minimum atomic E-state index is 0.823. The van der Waals surface area contributed by atoms with Gasteiger partial charge in [0.05, 0.1) is 0 Å². The molecule has 0 saturated carbocycles. The first kappa shape index (κ1) is 22.9. The third-order valence-corrected chi connectivity index (χ3v) is 4.89. The average Bonchev–Trinajstić information content (AvgIpc) is 2.56. The van der Waals surface area contributed by atoms with Crippen molar-refractivity contribution in [2.24, 2.45) is 5.73 Å². The van der Waals surface area contributed by atoms with Crippen molar-refractivity contribution in [2.75, 3.05) is 26.7 Å². The molecule has 0 spiro atoms. The summed E-state index contributed by atoms with van der Waals surface area (Å²) in [5, 5.41) is 0. The molecule has 0 aliphatic carbocycles. The van der Waals surface area contributed by atoms with Gasteiger partial charge in [0, 0.05) is 0 Å². The van der Waals surface area contributed by atoms with Crippen LogP contribution >= 0.6 is 0 Å². The molecule has 0 amide bonds. The Morgan fingerprint density at radius 3 is 1.26 bits per heavy atom. The highest BCUT2D eigenvalue weighted by Gasteiger charge is 1.97. The Hall–Kier alpha value is -0.0800. The maximum Gasteiger partial charge on any atom is -0.000977 e. The van der Waals surface area contributed by atoms with Crippen LogP contribution in [0.15, 0.2) is 0 Å². The first-order valence-electron chi connectivity index (χ1n) is 10.7. The van der Waals surface area contributed by atoms with E-state index in [4.69, 9.17) is 5.73 Å². The second kappa shape index (κ2) is 20.0. The Bertz CT molecular complexity index is 206. The molecule has 0 heterocycles. The van der Waals surface area contributed by atoms with Gasteiger partial charge >= 0.3 is 0 Å². The van der Waals surface area contributed by atoms with E-state index in [-0.39, 0.29) is 0 Å². The van der Waals surface area contributed by atoms with E-state index in [1.807, 2.05) is 0 Å². The largest absolute Gasteiger partial charge is 0.330 e. The maximum absolute atomic E-state index is 5.54. The molecule has 2 nitrogen and oxygen atoms in total. The molecule has 0 fully saturated rings. The lowest BCUT2D eigenvalue weighted by Crippen LogP contribution is -2.22. The number of rotatable bonds is 19. The Balaban J connectivity index is 3.02. The first-order chi connectivity index (χ1) is 11.3. The SMILES string of the molecule is CCCCCCCCCCCCCCCCCN(C)CCCN. The zero-order valence-corrected chi connectivity index (χ0v) is 16.5. The van der Waals surface area contributed by atoms with Crippen molar-refractivity contribution in [3.05, 3.63) is 0 Å². The van der Waals surface area contributed by atoms with E-state index < -0.39 is 0 Å². The van der Waals surface area contributed by atoms with Crippen LogP contribution in [0.25, 0.3) is 0 Å². The van der Waals surface area contributed by atoms with Gasteiger partial charge in [-0.2, -0.15) is 0 Å². The summed E-state index contributed by atoms with van der Waals surface area (Å²) in [6.45, 7) is 5.53. The Morgan fingerprint density at radius 2 is 0.870 bits per heavy atom. The predicted molar refractivity (Wildman–Crippen MR) is 106 cm³/mol. The molecule has 0 aromatic rings. The molecule has 0 radical (unpaired) electrons. The first-order valence-corrected chi connectivity index (χ1v) is 10.7. The van der Waals surface area contributed by atoms with Gasteiger partial charge in [-0.15, -0.1) is 0 Å². The van der Waals surface area contributed by atoms with E-state index >= 15 is 0 Å². The number of hydrogen-bond acceptors (Lipinski definition) is 2. The van der Waals surface area contributed by atoms with Crippen molar-refractivity contribution in [1.82, 2.24) is 4.90 Å². The second-order valence-corrected chi connectivity index (χ2v) is 7.40. The molecule has 0 aliphatic heterocycles. The van der Waals surface area contributed by atoms with Crippen LogP contribution in [0.2, 0.25) is 0 Å². The van der Waals surface area contributed by atoms with E-state index in [1.54, 1.807) is 0 Å². The molecule has 0 aromatic heterocycles. The lowest BCUT2D eigenvalue weighted by atomic mass is 10.0. The summed E-state index contributed by atoms with van der Waals surface area (Å²) in [4.78, 5) is 2.43. The zero-order valence-electron chi connectivity index (χ0n) is 16.5. The monoisotopic (exact) mass is 326 g/mol. The van der Waals surface area contributed by atoms with Crippen molar-refractivity contribution in [2.45, 2.75) is 110 Å². The van der Waals surface area contributed by atoms with Gasteiger partial charge in [-0.05, 0) is 39.5 Å². The van der Waals surface area contributed by atoms with Crippen LogP contribution in [-0.2, 0) is 0 Å². The molecule has 2 N–H and O–H groups in total. The lowest BCUT2D eigenvalue weighted by Gasteiger charge is -2.15. The molecule has 23 heavy (non-hydrogen) atoms. The van der Waals surface area contributed by atoms with Crippen molar-refractivity contribution in [3.8, 4) is 0 Å². The summed E-state index contributed by atoms with van der Waals surface area (Å²) in [7, 11) is 2.22. The van der Waals surface area contributed by atoms with Crippen LogP contribution in [0.5, 0.6) is 0 Å². The van der Waals surface area contributed by atoms with Crippen LogP contribution in [0.3, 0.4) is 0 Å². The van der Waals surface area contributed by atoms with Gasteiger partial charge in [-0.25, -0.2) is 0 Å². The highest BCUT2D eigenvalue weighted by Crippen LogP contribution is 2.13. The minimum Gasteiger partial charge on any atom is -0.330 e. The molecule has 2 heteroatoms. The number of hydrogen-bond donors (Lipinski definition) is 1. The number of nitrogens with zero attached hydrogens (tertiary/aromatic N) is 1. The van der Waals surface area contributed by atoms with Gasteiger partial charge < -0.3 is 10.6 Å². The van der Waals surface area contributed by atoms with Gasteiger partial charge in [0.2, 0.25) is 0 Å². The zero-order chi connectivity index (χ0) is 17.0. The smallest absolute Gasteiger partial charge is 0.000977 e.